The Labute approximate surface area is 116 Å². The van der Waals surface area contributed by atoms with Gasteiger partial charge in [0.15, 0.2) is 0 Å². The Morgan fingerprint density at radius 3 is 2.40 bits per heavy atom. The van der Waals surface area contributed by atoms with E-state index >= 15 is 0 Å². The number of para-hydroxylation sites is 1. The van der Waals surface area contributed by atoms with E-state index in [0.29, 0.717) is 18.7 Å². The van der Waals surface area contributed by atoms with E-state index in [9.17, 15) is 14.7 Å². The summed E-state index contributed by atoms with van der Waals surface area (Å²) in [6.07, 6.45) is 0. The third kappa shape index (κ3) is 6.72. The van der Waals surface area contributed by atoms with Gasteiger partial charge in [0.1, 0.15) is 12.4 Å². The Morgan fingerprint density at radius 1 is 1.10 bits per heavy atom. The lowest BCUT2D eigenvalue weighted by Crippen LogP contribution is -2.33. The van der Waals surface area contributed by atoms with Crippen molar-refractivity contribution in [1.29, 1.82) is 0 Å². The molecule has 0 fully saturated rings. The molecule has 0 amide bonds. The maximum Gasteiger partial charge on any atom is 0.320 e. The number of rotatable bonds is 9. The van der Waals surface area contributed by atoms with E-state index in [2.05, 4.69) is 10.6 Å². The number of esters is 1. The van der Waals surface area contributed by atoms with Crippen LogP contribution in [0.3, 0.4) is 0 Å². The second-order valence-electron chi connectivity index (χ2n) is 4.04. The molecular weight excluding hydrogens is 264 g/mol. The zero-order chi connectivity index (χ0) is 14.8. The highest BCUT2D eigenvalue weighted by molar-refractivity contribution is 5.71. The minimum atomic E-state index is -0.924. The number of phenols is 1. The van der Waals surface area contributed by atoms with Gasteiger partial charge in [0.25, 0.3) is 0 Å². The Bertz CT molecular complexity index is 450. The van der Waals surface area contributed by atoms with Gasteiger partial charge < -0.3 is 25.6 Å². The highest BCUT2D eigenvalue weighted by atomic mass is 16.5. The molecule has 0 heterocycles. The summed E-state index contributed by atoms with van der Waals surface area (Å²) in [5.74, 6) is -1.27. The molecule has 4 N–H and O–H groups in total. The van der Waals surface area contributed by atoms with Crippen LogP contribution < -0.4 is 10.6 Å². The van der Waals surface area contributed by atoms with Gasteiger partial charge in [0.2, 0.25) is 0 Å². The number of benzene rings is 1. The number of aliphatic carboxylic acids is 1. The first kappa shape index (κ1) is 15.9. The van der Waals surface area contributed by atoms with Crippen LogP contribution in [0.15, 0.2) is 24.3 Å². The Balaban J connectivity index is 2.09. The number of carbonyl (C=O) groups is 2. The fourth-order valence-electron chi connectivity index (χ4n) is 1.40. The van der Waals surface area contributed by atoms with Gasteiger partial charge in [-0.05, 0) is 6.07 Å². The molecule has 0 saturated carbocycles. The van der Waals surface area contributed by atoms with Crippen molar-refractivity contribution in [2.45, 2.75) is 6.61 Å². The van der Waals surface area contributed by atoms with Crippen LogP contribution in [0, 0.1) is 0 Å². The number of hydrogen-bond donors (Lipinski definition) is 4. The van der Waals surface area contributed by atoms with Crippen molar-refractivity contribution in [2.75, 3.05) is 26.2 Å². The zero-order valence-electron chi connectivity index (χ0n) is 11.0. The number of phenolic OH excluding ortho intramolecular Hbond substituents is 1. The predicted molar refractivity (Wildman–Crippen MR) is 71.3 cm³/mol. The highest BCUT2D eigenvalue weighted by Crippen LogP contribution is 2.16. The van der Waals surface area contributed by atoms with Crippen LogP contribution in [-0.4, -0.2) is 48.3 Å². The summed E-state index contributed by atoms with van der Waals surface area (Å²) in [6, 6.07) is 6.63. The third-order valence-corrected chi connectivity index (χ3v) is 2.40. The van der Waals surface area contributed by atoms with Crippen molar-refractivity contribution in [3.8, 4) is 5.75 Å². The molecule has 0 aliphatic rings. The van der Waals surface area contributed by atoms with E-state index in [1.54, 1.807) is 18.2 Å². The molecular formula is C13H18N2O5. The maximum atomic E-state index is 11.4. The van der Waals surface area contributed by atoms with E-state index in [1.807, 2.05) is 0 Å². The molecule has 7 heteroatoms. The van der Waals surface area contributed by atoms with Crippen LogP contribution >= 0.6 is 0 Å². The Hall–Kier alpha value is -2.12. The molecule has 110 valence electrons. The molecule has 0 aromatic heterocycles. The monoisotopic (exact) mass is 282 g/mol. The van der Waals surface area contributed by atoms with Crippen molar-refractivity contribution < 1.29 is 24.5 Å². The molecule has 0 aliphatic carbocycles. The molecule has 0 atom stereocenters. The lowest BCUT2D eigenvalue weighted by molar-refractivity contribution is -0.144. The molecule has 1 rings (SSSR count). The van der Waals surface area contributed by atoms with Crippen LogP contribution in [0.4, 0.5) is 0 Å². The normalized spacial score (nSPS) is 10.2. The fourth-order valence-corrected chi connectivity index (χ4v) is 1.40. The number of nitrogens with one attached hydrogen (secondary N) is 2. The number of aromatic hydroxyl groups is 1. The van der Waals surface area contributed by atoms with Gasteiger partial charge >= 0.3 is 11.9 Å². The van der Waals surface area contributed by atoms with Crippen molar-refractivity contribution in [1.82, 2.24) is 10.6 Å². The molecule has 1 aromatic rings. The molecule has 0 spiro atoms. The van der Waals surface area contributed by atoms with Gasteiger partial charge in [-0.15, -0.1) is 0 Å². The summed E-state index contributed by atoms with van der Waals surface area (Å²) < 4.78 is 4.98. The summed E-state index contributed by atoms with van der Waals surface area (Å²) in [5, 5.41) is 23.4. The van der Waals surface area contributed by atoms with E-state index in [0.717, 1.165) is 0 Å². The van der Waals surface area contributed by atoms with E-state index in [1.165, 1.54) is 6.07 Å². The van der Waals surface area contributed by atoms with E-state index in [-0.39, 0.29) is 25.4 Å². The second kappa shape index (κ2) is 8.89. The second-order valence-corrected chi connectivity index (χ2v) is 4.04. The van der Waals surface area contributed by atoms with Crippen LogP contribution in [0.5, 0.6) is 5.75 Å². The topological polar surface area (TPSA) is 108 Å². The third-order valence-electron chi connectivity index (χ3n) is 2.40. The lowest BCUT2D eigenvalue weighted by Gasteiger charge is -2.07. The van der Waals surface area contributed by atoms with Crippen molar-refractivity contribution in [2.24, 2.45) is 0 Å². The van der Waals surface area contributed by atoms with Crippen molar-refractivity contribution >= 4 is 11.9 Å². The highest BCUT2D eigenvalue weighted by Gasteiger charge is 2.05. The minimum Gasteiger partial charge on any atom is -0.508 e. The largest absolute Gasteiger partial charge is 0.508 e. The predicted octanol–water partition coefficient (Wildman–Crippen LogP) is -0.301. The van der Waals surface area contributed by atoms with Gasteiger partial charge in [-0.3, -0.25) is 9.59 Å². The zero-order valence-corrected chi connectivity index (χ0v) is 11.0. The standard InChI is InChI=1S/C13H18N2O5/c16-11-4-2-1-3-10(11)9-20-13(19)8-15-6-5-14-7-12(17)18/h1-4,14-16H,5-9H2,(H,17,18). The SMILES string of the molecule is O=C(O)CNCCNCC(=O)OCc1ccccc1O. The quantitative estimate of drug-likeness (QED) is 0.364. The summed E-state index contributed by atoms with van der Waals surface area (Å²) in [5.41, 5.74) is 0.545. The molecule has 0 unspecified atom stereocenters. The molecule has 20 heavy (non-hydrogen) atoms. The van der Waals surface area contributed by atoms with Gasteiger partial charge in [-0.2, -0.15) is 0 Å². The van der Waals surface area contributed by atoms with Gasteiger partial charge in [0, 0.05) is 18.7 Å². The molecule has 0 radical (unpaired) electrons. The first-order chi connectivity index (χ1) is 9.59. The number of carboxylic acid groups (broad SMARTS) is 1. The van der Waals surface area contributed by atoms with Gasteiger partial charge in [0.05, 0.1) is 13.1 Å². The molecule has 0 aliphatic heterocycles. The minimum absolute atomic E-state index is 0.0183. The van der Waals surface area contributed by atoms with Crippen molar-refractivity contribution in [3.05, 3.63) is 29.8 Å². The number of hydrogen-bond acceptors (Lipinski definition) is 6. The molecule has 7 nitrogen and oxygen atoms in total. The number of carboxylic acids is 1. The Kier molecular flexibility index (Phi) is 7.08. The summed E-state index contributed by atoms with van der Waals surface area (Å²) in [6.45, 7) is 0.838. The Morgan fingerprint density at radius 2 is 1.75 bits per heavy atom. The average molecular weight is 282 g/mol. The first-order valence-corrected chi connectivity index (χ1v) is 6.15. The van der Waals surface area contributed by atoms with Crippen LogP contribution in [-0.2, 0) is 20.9 Å². The molecule has 0 bridgehead atoms. The van der Waals surface area contributed by atoms with Gasteiger partial charge in [-0.1, -0.05) is 18.2 Å². The van der Waals surface area contributed by atoms with E-state index in [4.69, 9.17) is 9.84 Å². The van der Waals surface area contributed by atoms with E-state index < -0.39 is 11.9 Å². The lowest BCUT2D eigenvalue weighted by atomic mass is 10.2. The van der Waals surface area contributed by atoms with Crippen LogP contribution in [0.2, 0.25) is 0 Å². The molecule has 1 aromatic carbocycles. The summed E-state index contributed by atoms with van der Waals surface area (Å²) in [4.78, 5) is 21.6. The number of ether oxygens (including phenoxy) is 1. The van der Waals surface area contributed by atoms with Crippen LogP contribution in [0.25, 0.3) is 0 Å². The summed E-state index contributed by atoms with van der Waals surface area (Å²) in [7, 11) is 0. The summed E-state index contributed by atoms with van der Waals surface area (Å²) >= 11 is 0. The fraction of sp³-hybridized carbons (Fsp3) is 0.385. The maximum absolute atomic E-state index is 11.4. The number of carbonyl (C=O) groups excluding carboxylic acids is 1. The van der Waals surface area contributed by atoms with Crippen LogP contribution in [0.1, 0.15) is 5.56 Å². The average Bonchev–Trinajstić information content (AvgIpc) is 2.41. The van der Waals surface area contributed by atoms with Crippen molar-refractivity contribution in [3.63, 3.8) is 0 Å². The first-order valence-electron chi connectivity index (χ1n) is 6.15. The smallest absolute Gasteiger partial charge is 0.320 e. The molecule has 0 saturated heterocycles. The van der Waals surface area contributed by atoms with Gasteiger partial charge in [-0.25, -0.2) is 0 Å².